The summed E-state index contributed by atoms with van der Waals surface area (Å²) in [5, 5.41) is 4.10. The van der Waals surface area contributed by atoms with E-state index in [9.17, 15) is 4.39 Å². The summed E-state index contributed by atoms with van der Waals surface area (Å²) < 4.78 is 13.9. The van der Waals surface area contributed by atoms with E-state index in [1.165, 1.54) is 17.2 Å². The van der Waals surface area contributed by atoms with Gasteiger partial charge in [0.25, 0.3) is 0 Å². The molecule has 3 nitrogen and oxygen atoms in total. The van der Waals surface area contributed by atoms with E-state index < -0.39 is 0 Å². The number of halogens is 1. The Bertz CT molecular complexity index is 762. The molecule has 0 amide bonds. The molecule has 0 bridgehead atoms. The monoisotopic (exact) mass is 357 g/mol. The molecule has 0 aromatic heterocycles. The first-order chi connectivity index (χ1) is 12.0. The SMILES string of the molecule is Cc1ccc(C)c(NC(=S)N2CCCN(Cc3ccccc3F)C2)c1. The lowest BCUT2D eigenvalue weighted by atomic mass is 10.1. The highest BCUT2D eigenvalue weighted by atomic mass is 32.1. The van der Waals surface area contributed by atoms with Gasteiger partial charge < -0.3 is 10.2 Å². The Morgan fingerprint density at radius 2 is 1.96 bits per heavy atom. The van der Waals surface area contributed by atoms with Crippen LogP contribution >= 0.6 is 12.2 Å². The first-order valence-corrected chi connectivity index (χ1v) is 9.03. The number of anilines is 1. The van der Waals surface area contributed by atoms with Gasteiger partial charge in [-0.15, -0.1) is 0 Å². The van der Waals surface area contributed by atoms with Crippen LogP contribution in [0.3, 0.4) is 0 Å². The maximum absolute atomic E-state index is 13.9. The number of benzene rings is 2. The molecule has 1 heterocycles. The van der Waals surface area contributed by atoms with E-state index in [2.05, 4.69) is 47.2 Å². The minimum atomic E-state index is -0.143. The second-order valence-electron chi connectivity index (χ2n) is 6.65. The van der Waals surface area contributed by atoms with Crippen molar-refractivity contribution in [3.8, 4) is 0 Å². The van der Waals surface area contributed by atoms with Crippen molar-refractivity contribution >= 4 is 23.0 Å². The van der Waals surface area contributed by atoms with Crippen LogP contribution in [0.4, 0.5) is 10.1 Å². The molecule has 2 aromatic carbocycles. The highest BCUT2D eigenvalue weighted by Crippen LogP contribution is 2.19. The number of hydrogen-bond donors (Lipinski definition) is 1. The van der Waals surface area contributed by atoms with Crippen molar-refractivity contribution in [3.63, 3.8) is 0 Å². The molecule has 2 aromatic rings. The van der Waals surface area contributed by atoms with Crippen molar-refractivity contribution in [1.82, 2.24) is 9.80 Å². The number of thiocarbonyl (C=S) groups is 1. The summed E-state index contributed by atoms with van der Waals surface area (Å²) in [6.45, 7) is 7.34. The average molecular weight is 357 g/mol. The van der Waals surface area contributed by atoms with Gasteiger partial charge in [-0.25, -0.2) is 4.39 Å². The summed E-state index contributed by atoms with van der Waals surface area (Å²) in [5.74, 6) is -0.143. The Morgan fingerprint density at radius 3 is 2.76 bits per heavy atom. The van der Waals surface area contributed by atoms with Crippen LogP contribution in [-0.4, -0.2) is 34.7 Å². The molecule has 0 aliphatic carbocycles. The third-order valence-electron chi connectivity index (χ3n) is 4.55. The molecule has 0 spiro atoms. The molecule has 3 rings (SSSR count). The highest BCUT2D eigenvalue weighted by Gasteiger charge is 2.20. The number of nitrogens with zero attached hydrogens (tertiary/aromatic N) is 2. The number of rotatable bonds is 3. The van der Waals surface area contributed by atoms with Gasteiger partial charge in [-0.05, 0) is 55.7 Å². The third-order valence-corrected chi connectivity index (χ3v) is 4.91. The van der Waals surface area contributed by atoms with Crippen LogP contribution in [-0.2, 0) is 6.54 Å². The van der Waals surface area contributed by atoms with Crippen molar-refractivity contribution in [3.05, 3.63) is 65.0 Å². The van der Waals surface area contributed by atoms with Crippen molar-refractivity contribution in [2.45, 2.75) is 26.8 Å². The van der Waals surface area contributed by atoms with Crippen LogP contribution < -0.4 is 5.32 Å². The van der Waals surface area contributed by atoms with Gasteiger partial charge in [-0.1, -0.05) is 30.3 Å². The Balaban J connectivity index is 1.63. The predicted molar refractivity (Wildman–Crippen MR) is 105 cm³/mol. The Labute approximate surface area is 154 Å². The van der Waals surface area contributed by atoms with Crippen molar-refractivity contribution in [2.24, 2.45) is 0 Å². The predicted octanol–water partition coefficient (Wildman–Crippen LogP) is 4.30. The molecule has 0 saturated carbocycles. The van der Waals surface area contributed by atoms with E-state index in [0.717, 1.165) is 35.9 Å². The zero-order chi connectivity index (χ0) is 17.8. The second kappa shape index (κ2) is 7.93. The smallest absolute Gasteiger partial charge is 0.174 e. The lowest BCUT2D eigenvalue weighted by molar-refractivity contribution is 0.132. The van der Waals surface area contributed by atoms with Crippen LogP contribution in [0.1, 0.15) is 23.1 Å². The molecule has 0 radical (unpaired) electrons. The molecule has 1 saturated heterocycles. The standard InChI is InChI=1S/C20H24FN3S/c1-15-8-9-16(2)19(12-15)22-20(25)24-11-5-10-23(14-24)13-17-6-3-4-7-18(17)21/h3-4,6-9,12H,5,10-11,13-14H2,1-2H3,(H,22,25). The van der Waals surface area contributed by atoms with Gasteiger partial charge in [-0.3, -0.25) is 4.90 Å². The summed E-state index contributed by atoms with van der Waals surface area (Å²) in [6.07, 6.45) is 1.02. The van der Waals surface area contributed by atoms with Gasteiger partial charge in [0, 0.05) is 30.9 Å². The normalized spacial score (nSPS) is 15.2. The van der Waals surface area contributed by atoms with Crippen LogP contribution in [0.5, 0.6) is 0 Å². The van der Waals surface area contributed by atoms with Crippen molar-refractivity contribution in [1.29, 1.82) is 0 Å². The summed E-state index contributed by atoms with van der Waals surface area (Å²) in [6, 6.07) is 13.3. The molecule has 1 N–H and O–H groups in total. The molecule has 1 aliphatic rings. The fraction of sp³-hybridized carbons (Fsp3) is 0.350. The summed E-state index contributed by atoms with van der Waals surface area (Å²) in [7, 11) is 0. The summed E-state index contributed by atoms with van der Waals surface area (Å²) in [5.41, 5.74) is 4.16. The molecular weight excluding hydrogens is 333 g/mol. The Hall–Kier alpha value is -1.98. The van der Waals surface area contributed by atoms with E-state index in [1.54, 1.807) is 6.07 Å². The van der Waals surface area contributed by atoms with Gasteiger partial charge in [0.1, 0.15) is 5.82 Å². The van der Waals surface area contributed by atoms with Crippen LogP contribution in [0, 0.1) is 19.7 Å². The van der Waals surface area contributed by atoms with Gasteiger partial charge in [0.2, 0.25) is 0 Å². The molecule has 25 heavy (non-hydrogen) atoms. The quantitative estimate of drug-likeness (QED) is 0.825. The number of hydrogen-bond acceptors (Lipinski definition) is 2. The molecule has 132 valence electrons. The fourth-order valence-corrected chi connectivity index (χ4v) is 3.35. The first-order valence-electron chi connectivity index (χ1n) is 8.62. The lowest BCUT2D eigenvalue weighted by Crippen LogP contribution is -2.48. The molecule has 0 unspecified atom stereocenters. The van der Waals surface area contributed by atoms with Crippen LogP contribution in [0.2, 0.25) is 0 Å². The summed E-state index contributed by atoms with van der Waals surface area (Å²) >= 11 is 5.62. The lowest BCUT2D eigenvalue weighted by Gasteiger charge is -2.37. The first kappa shape index (κ1) is 17.8. The van der Waals surface area contributed by atoms with E-state index in [1.807, 2.05) is 12.1 Å². The van der Waals surface area contributed by atoms with E-state index in [4.69, 9.17) is 12.2 Å². The maximum Gasteiger partial charge on any atom is 0.174 e. The Kier molecular flexibility index (Phi) is 5.66. The van der Waals surface area contributed by atoms with Crippen LogP contribution in [0.15, 0.2) is 42.5 Å². The van der Waals surface area contributed by atoms with E-state index >= 15 is 0 Å². The summed E-state index contributed by atoms with van der Waals surface area (Å²) in [4.78, 5) is 4.39. The molecular formula is C20H24FN3S. The molecule has 1 fully saturated rings. The zero-order valence-electron chi connectivity index (χ0n) is 14.8. The third kappa shape index (κ3) is 4.55. The topological polar surface area (TPSA) is 18.5 Å². The Morgan fingerprint density at radius 1 is 1.16 bits per heavy atom. The van der Waals surface area contributed by atoms with E-state index in [-0.39, 0.29) is 5.82 Å². The largest absolute Gasteiger partial charge is 0.336 e. The van der Waals surface area contributed by atoms with Gasteiger partial charge in [-0.2, -0.15) is 0 Å². The zero-order valence-corrected chi connectivity index (χ0v) is 15.6. The van der Waals surface area contributed by atoms with Gasteiger partial charge in [0.05, 0.1) is 6.67 Å². The molecule has 0 atom stereocenters. The molecule has 1 aliphatic heterocycles. The van der Waals surface area contributed by atoms with Gasteiger partial charge in [0.15, 0.2) is 5.11 Å². The maximum atomic E-state index is 13.9. The van der Waals surface area contributed by atoms with E-state index in [0.29, 0.717) is 13.2 Å². The van der Waals surface area contributed by atoms with Crippen molar-refractivity contribution < 1.29 is 4.39 Å². The molecule has 5 heteroatoms. The van der Waals surface area contributed by atoms with Gasteiger partial charge >= 0.3 is 0 Å². The van der Waals surface area contributed by atoms with Crippen LogP contribution in [0.25, 0.3) is 0 Å². The minimum absolute atomic E-state index is 0.143. The average Bonchev–Trinajstić information content (AvgIpc) is 2.60. The second-order valence-corrected chi connectivity index (χ2v) is 7.04. The fourth-order valence-electron chi connectivity index (χ4n) is 3.10. The number of aryl methyl sites for hydroxylation is 2. The number of nitrogens with one attached hydrogen (secondary N) is 1. The highest BCUT2D eigenvalue weighted by molar-refractivity contribution is 7.80. The van der Waals surface area contributed by atoms with Crippen molar-refractivity contribution in [2.75, 3.05) is 25.1 Å². The minimum Gasteiger partial charge on any atom is -0.336 e.